The maximum absolute atomic E-state index is 13.1. The molecule has 6 aliphatic rings. The van der Waals surface area contributed by atoms with Gasteiger partial charge in [0.05, 0.1) is 17.6 Å². The number of hydrogen-bond donors (Lipinski definition) is 5. The highest BCUT2D eigenvalue weighted by molar-refractivity contribution is 5.78. The van der Waals surface area contributed by atoms with Gasteiger partial charge >= 0.3 is 11.9 Å². The second-order valence-electron chi connectivity index (χ2n) is 13.5. The van der Waals surface area contributed by atoms with Gasteiger partial charge in [0.15, 0.2) is 0 Å². The molecule has 6 fully saturated rings. The molecule has 0 amide bonds. The van der Waals surface area contributed by atoms with E-state index in [9.17, 15) is 35.1 Å². The molecule has 1 spiro atoms. The molecule has 36 heavy (non-hydrogen) atoms. The fourth-order valence-electron chi connectivity index (χ4n) is 10.4. The average molecular weight is 508 g/mol. The lowest BCUT2D eigenvalue weighted by Crippen LogP contribution is -2.76. The van der Waals surface area contributed by atoms with Crippen molar-refractivity contribution in [2.75, 3.05) is 13.1 Å². The van der Waals surface area contributed by atoms with E-state index in [4.69, 9.17) is 4.74 Å². The highest BCUT2D eigenvalue weighted by atomic mass is 16.6. The van der Waals surface area contributed by atoms with Crippen molar-refractivity contribution in [1.29, 1.82) is 0 Å². The third-order valence-electron chi connectivity index (χ3n) is 12.0. The number of carbonyl (C=O) groups is 2. The van der Waals surface area contributed by atoms with Crippen molar-refractivity contribution in [1.82, 2.24) is 4.90 Å². The summed E-state index contributed by atoms with van der Waals surface area (Å²) in [5.41, 5.74) is -4.84. The Labute approximate surface area is 211 Å². The summed E-state index contributed by atoms with van der Waals surface area (Å²) in [4.78, 5) is 26.9. The Morgan fingerprint density at radius 1 is 1.11 bits per heavy atom. The summed E-state index contributed by atoms with van der Waals surface area (Å²) < 4.78 is 6.18. The van der Waals surface area contributed by atoms with Gasteiger partial charge in [0.25, 0.3) is 0 Å². The summed E-state index contributed by atoms with van der Waals surface area (Å²) >= 11 is 0. The number of carbonyl (C=O) groups excluding carboxylic acids is 1. The van der Waals surface area contributed by atoms with Crippen LogP contribution >= 0.6 is 0 Å². The van der Waals surface area contributed by atoms with Gasteiger partial charge in [-0.3, -0.25) is 14.5 Å². The SMILES string of the molecule is CC1CCC2N(C1)CC1C(C(O)C(O)C3(O)C1CC14OC(=O)C(CCC31)C4(C)CCC(=O)O)C2(C)O. The van der Waals surface area contributed by atoms with E-state index in [0.717, 1.165) is 19.4 Å². The molecule has 3 saturated heterocycles. The molecule has 202 valence electrons. The van der Waals surface area contributed by atoms with E-state index in [1.807, 2.05) is 6.92 Å². The zero-order valence-electron chi connectivity index (χ0n) is 21.5. The monoisotopic (exact) mass is 507 g/mol. The minimum Gasteiger partial charge on any atom is -0.481 e. The van der Waals surface area contributed by atoms with Crippen LogP contribution in [0.5, 0.6) is 0 Å². The number of aliphatic hydroxyl groups excluding tert-OH is 2. The number of fused-ring (bicyclic) bond motifs is 6. The van der Waals surface area contributed by atoms with Crippen molar-refractivity contribution in [3.63, 3.8) is 0 Å². The van der Waals surface area contributed by atoms with E-state index < -0.39 is 64.1 Å². The minimum absolute atomic E-state index is 0.111. The number of rotatable bonds is 3. The van der Waals surface area contributed by atoms with Gasteiger partial charge < -0.3 is 30.3 Å². The summed E-state index contributed by atoms with van der Waals surface area (Å²) in [7, 11) is 0. The van der Waals surface area contributed by atoms with E-state index >= 15 is 0 Å². The lowest BCUT2D eigenvalue weighted by atomic mass is 9.51. The van der Waals surface area contributed by atoms with Crippen LogP contribution in [0, 0.1) is 40.9 Å². The quantitative estimate of drug-likeness (QED) is 0.349. The number of aliphatic carboxylic acids is 1. The molecule has 0 aromatic rings. The molecule has 3 heterocycles. The predicted molar refractivity (Wildman–Crippen MR) is 126 cm³/mol. The second kappa shape index (κ2) is 7.65. The second-order valence-corrected chi connectivity index (χ2v) is 13.5. The van der Waals surface area contributed by atoms with Crippen molar-refractivity contribution in [3.8, 4) is 0 Å². The van der Waals surface area contributed by atoms with Crippen molar-refractivity contribution >= 4 is 11.9 Å². The molecular formula is C27H41NO8. The summed E-state index contributed by atoms with van der Waals surface area (Å²) in [6.45, 7) is 7.30. The Morgan fingerprint density at radius 3 is 2.53 bits per heavy atom. The average Bonchev–Trinajstić information content (AvgIpc) is 3.09. The number of aliphatic hydroxyl groups is 4. The van der Waals surface area contributed by atoms with Crippen molar-refractivity contribution in [2.45, 2.75) is 101 Å². The predicted octanol–water partition coefficient (Wildman–Crippen LogP) is 0.763. The van der Waals surface area contributed by atoms with E-state index in [1.54, 1.807) is 6.92 Å². The van der Waals surface area contributed by atoms with Gasteiger partial charge in [0, 0.05) is 42.8 Å². The van der Waals surface area contributed by atoms with Gasteiger partial charge in [-0.15, -0.1) is 0 Å². The molecule has 3 saturated carbocycles. The van der Waals surface area contributed by atoms with Crippen LogP contribution in [0.1, 0.15) is 65.7 Å². The van der Waals surface area contributed by atoms with Crippen LogP contribution in [-0.4, -0.2) is 90.5 Å². The van der Waals surface area contributed by atoms with E-state index in [-0.39, 0.29) is 30.8 Å². The standard InChI is InChI=1S/C27H41NO8/c1-13-4-7-18-25(3,34)20-14(12-28(18)11-13)16-10-26-17(27(16,35)22(32)21(20)31)6-5-15(23(33)36-26)24(26,2)9-8-19(29)30/h13-18,20-22,31-32,34-35H,4-12H2,1-3H3,(H,29,30). The number of ether oxygens (including phenoxy) is 1. The van der Waals surface area contributed by atoms with Crippen LogP contribution in [0.15, 0.2) is 0 Å². The first-order chi connectivity index (χ1) is 16.8. The van der Waals surface area contributed by atoms with E-state index in [2.05, 4.69) is 11.8 Å². The van der Waals surface area contributed by atoms with Gasteiger partial charge in [-0.05, 0) is 63.2 Å². The van der Waals surface area contributed by atoms with Crippen LogP contribution in [-0.2, 0) is 14.3 Å². The fourth-order valence-corrected chi connectivity index (χ4v) is 10.4. The molecule has 6 rings (SSSR count). The molecule has 5 N–H and O–H groups in total. The highest BCUT2D eigenvalue weighted by Crippen LogP contribution is 2.72. The van der Waals surface area contributed by atoms with Gasteiger partial charge in [0.1, 0.15) is 17.3 Å². The van der Waals surface area contributed by atoms with Crippen molar-refractivity contribution in [2.24, 2.45) is 40.9 Å². The first-order valence-electron chi connectivity index (χ1n) is 13.8. The van der Waals surface area contributed by atoms with E-state index in [0.29, 0.717) is 31.7 Å². The van der Waals surface area contributed by atoms with E-state index in [1.165, 1.54) is 0 Å². The lowest BCUT2D eigenvalue weighted by molar-refractivity contribution is -0.282. The molecule has 2 bridgehead atoms. The smallest absolute Gasteiger partial charge is 0.310 e. The zero-order valence-corrected chi connectivity index (χ0v) is 21.5. The molecule has 9 nitrogen and oxygen atoms in total. The van der Waals surface area contributed by atoms with Crippen molar-refractivity contribution < 1.29 is 39.9 Å². The van der Waals surface area contributed by atoms with Gasteiger partial charge in [0.2, 0.25) is 0 Å². The van der Waals surface area contributed by atoms with Gasteiger partial charge in [-0.25, -0.2) is 0 Å². The molecular weight excluding hydrogens is 466 g/mol. The fraction of sp³-hybridized carbons (Fsp3) is 0.926. The Bertz CT molecular complexity index is 971. The maximum Gasteiger partial charge on any atom is 0.310 e. The maximum atomic E-state index is 13.1. The molecule has 13 unspecified atom stereocenters. The number of hydrogen-bond acceptors (Lipinski definition) is 8. The summed E-state index contributed by atoms with van der Waals surface area (Å²) in [5.74, 6) is -3.29. The van der Waals surface area contributed by atoms with Crippen LogP contribution in [0.25, 0.3) is 0 Å². The molecule has 0 radical (unpaired) electrons. The molecule has 3 aliphatic carbocycles. The van der Waals surface area contributed by atoms with Crippen LogP contribution in [0.3, 0.4) is 0 Å². The van der Waals surface area contributed by atoms with Crippen LogP contribution in [0.4, 0.5) is 0 Å². The third-order valence-corrected chi connectivity index (χ3v) is 12.0. The number of carboxylic acid groups (broad SMARTS) is 1. The summed E-state index contributed by atoms with van der Waals surface area (Å²) in [5, 5.41) is 56.8. The van der Waals surface area contributed by atoms with Gasteiger partial charge in [-0.2, -0.15) is 0 Å². The molecule has 0 aromatic heterocycles. The van der Waals surface area contributed by atoms with Crippen LogP contribution < -0.4 is 0 Å². The third kappa shape index (κ3) is 2.84. The van der Waals surface area contributed by atoms with Crippen LogP contribution in [0.2, 0.25) is 0 Å². The largest absolute Gasteiger partial charge is 0.481 e. The van der Waals surface area contributed by atoms with Gasteiger partial charge in [-0.1, -0.05) is 13.8 Å². The Kier molecular flexibility index (Phi) is 5.32. The topological polar surface area (TPSA) is 148 Å². The molecule has 13 atom stereocenters. The molecule has 0 aromatic carbocycles. The normalized spacial score (nSPS) is 57.9. The summed E-state index contributed by atoms with van der Waals surface area (Å²) in [6.07, 6.45) is 0.357. The summed E-state index contributed by atoms with van der Waals surface area (Å²) in [6, 6.07) is -0.126. The number of carboxylic acids is 1. The number of piperidine rings is 2. The first-order valence-corrected chi connectivity index (χ1v) is 13.8. The molecule has 9 heteroatoms. The van der Waals surface area contributed by atoms with Crippen molar-refractivity contribution in [3.05, 3.63) is 0 Å². The number of nitrogens with zero attached hydrogens (tertiary/aromatic N) is 1. The number of esters is 1. The first kappa shape index (κ1) is 25.0. The highest BCUT2D eigenvalue weighted by Gasteiger charge is 2.81. The Hall–Kier alpha value is -1.26. The molecule has 3 aliphatic heterocycles. The minimum atomic E-state index is -1.69. The Balaban J connectivity index is 1.45. The lowest BCUT2D eigenvalue weighted by Gasteiger charge is -2.63. The zero-order chi connectivity index (χ0) is 26.0. The Morgan fingerprint density at radius 2 is 1.83 bits per heavy atom.